The van der Waals surface area contributed by atoms with Crippen LogP contribution in [0.1, 0.15) is 18.1 Å². The third-order valence-electron chi connectivity index (χ3n) is 5.07. The van der Waals surface area contributed by atoms with E-state index < -0.39 is 11.7 Å². The molecule has 1 fully saturated rings. The molecular formula is C21H24F3N3O. The van der Waals surface area contributed by atoms with Crippen LogP contribution in [0.25, 0.3) is 0 Å². The van der Waals surface area contributed by atoms with Crippen LogP contribution >= 0.6 is 0 Å². The van der Waals surface area contributed by atoms with Crippen molar-refractivity contribution in [3.05, 3.63) is 59.7 Å². The Morgan fingerprint density at radius 3 is 2.36 bits per heavy atom. The van der Waals surface area contributed by atoms with E-state index in [4.69, 9.17) is 0 Å². The minimum atomic E-state index is -4.35. The van der Waals surface area contributed by atoms with Gasteiger partial charge in [-0.1, -0.05) is 18.2 Å². The van der Waals surface area contributed by atoms with Gasteiger partial charge in [-0.3, -0.25) is 9.69 Å². The molecule has 4 nitrogen and oxygen atoms in total. The number of hydrogen-bond acceptors (Lipinski definition) is 3. The van der Waals surface area contributed by atoms with Crippen LogP contribution in [0.3, 0.4) is 0 Å². The molecule has 2 aromatic carbocycles. The highest BCUT2D eigenvalue weighted by atomic mass is 19.4. The first kappa shape index (κ1) is 20.2. The maximum absolute atomic E-state index is 12.9. The van der Waals surface area contributed by atoms with Crippen LogP contribution in [0.4, 0.5) is 24.5 Å². The largest absolute Gasteiger partial charge is 0.416 e. The second-order valence-electron chi connectivity index (χ2n) is 7.11. The Morgan fingerprint density at radius 1 is 1.04 bits per heavy atom. The highest BCUT2D eigenvalue weighted by Gasteiger charge is 2.31. The highest BCUT2D eigenvalue weighted by Crippen LogP contribution is 2.32. The van der Waals surface area contributed by atoms with Crippen LogP contribution in [0.15, 0.2) is 48.5 Å². The molecule has 7 heteroatoms. The van der Waals surface area contributed by atoms with Crippen molar-refractivity contribution in [2.24, 2.45) is 0 Å². The van der Waals surface area contributed by atoms with Gasteiger partial charge < -0.3 is 10.2 Å². The van der Waals surface area contributed by atoms with E-state index in [1.807, 2.05) is 43.0 Å². The average Bonchev–Trinajstić information content (AvgIpc) is 2.67. The maximum atomic E-state index is 12.9. The lowest BCUT2D eigenvalue weighted by atomic mass is 10.1. The van der Waals surface area contributed by atoms with Gasteiger partial charge in [-0.25, -0.2) is 0 Å². The zero-order valence-electron chi connectivity index (χ0n) is 16.0. The monoisotopic (exact) mass is 391 g/mol. The Hall–Kier alpha value is -2.54. The van der Waals surface area contributed by atoms with E-state index in [9.17, 15) is 18.0 Å². The molecule has 0 unspecified atom stereocenters. The Labute approximate surface area is 162 Å². The molecule has 1 amide bonds. The molecule has 0 spiro atoms. The summed E-state index contributed by atoms with van der Waals surface area (Å²) in [5, 5.41) is 2.93. The molecule has 1 saturated heterocycles. The van der Waals surface area contributed by atoms with E-state index in [1.165, 1.54) is 12.1 Å². The molecule has 1 atom stereocenters. The number of anilines is 2. The number of aryl methyl sites for hydroxylation is 1. The Balaban J connectivity index is 1.58. The van der Waals surface area contributed by atoms with Gasteiger partial charge in [-0.15, -0.1) is 0 Å². The molecule has 0 aliphatic carbocycles. The number of benzene rings is 2. The van der Waals surface area contributed by atoms with Crippen molar-refractivity contribution in [3.8, 4) is 0 Å². The second kappa shape index (κ2) is 8.22. The SMILES string of the molecule is Cc1cccc(NC(=O)[C@H](C)N2CCN(c3cccc(C(F)(F)F)c3)CC2)c1. The summed E-state index contributed by atoms with van der Waals surface area (Å²) in [7, 11) is 0. The van der Waals surface area contributed by atoms with Gasteiger partial charge in [-0.05, 0) is 49.7 Å². The van der Waals surface area contributed by atoms with Crippen LogP contribution < -0.4 is 10.2 Å². The first-order valence-electron chi connectivity index (χ1n) is 9.28. The smallest absolute Gasteiger partial charge is 0.369 e. The van der Waals surface area contributed by atoms with Gasteiger partial charge in [-0.2, -0.15) is 13.2 Å². The summed E-state index contributed by atoms with van der Waals surface area (Å²) in [6.07, 6.45) is -4.35. The molecule has 150 valence electrons. The molecule has 1 aliphatic rings. The van der Waals surface area contributed by atoms with Gasteiger partial charge in [0.05, 0.1) is 11.6 Å². The normalized spacial score (nSPS) is 16.7. The van der Waals surface area contributed by atoms with E-state index >= 15 is 0 Å². The lowest BCUT2D eigenvalue weighted by molar-refractivity contribution is -0.137. The van der Waals surface area contributed by atoms with Crippen LogP contribution in [-0.2, 0) is 11.0 Å². The van der Waals surface area contributed by atoms with Crippen molar-refractivity contribution in [2.45, 2.75) is 26.1 Å². The molecule has 0 aromatic heterocycles. The van der Waals surface area contributed by atoms with E-state index in [2.05, 4.69) is 10.2 Å². The first-order valence-corrected chi connectivity index (χ1v) is 9.28. The first-order chi connectivity index (χ1) is 13.2. The molecule has 3 rings (SSSR count). The van der Waals surface area contributed by atoms with Gasteiger partial charge in [0.2, 0.25) is 5.91 Å². The summed E-state index contributed by atoms with van der Waals surface area (Å²) in [4.78, 5) is 16.5. The number of nitrogens with zero attached hydrogens (tertiary/aromatic N) is 2. The van der Waals surface area contributed by atoms with Gasteiger partial charge in [0.15, 0.2) is 0 Å². The number of hydrogen-bond donors (Lipinski definition) is 1. The van der Waals surface area contributed by atoms with Crippen molar-refractivity contribution >= 4 is 17.3 Å². The number of alkyl halides is 3. The third kappa shape index (κ3) is 4.84. The molecule has 0 radical (unpaired) electrons. The minimum Gasteiger partial charge on any atom is -0.369 e. The summed E-state index contributed by atoms with van der Waals surface area (Å²) >= 11 is 0. The van der Waals surface area contributed by atoms with Crippen molar-refractivity contribution in [3.63, 3.8) is 0 Å². The van der Waals surface area contributed by atoms with Gasteiger partial charge >= 0.3 is 6.18 Å². The van der Waals surface area contributed by atoms with Crippen LogP contribution in [0.2, 0.25) is 0 Å². The summed E-state index contributed by atoms with van der Waals surface area (Å²) in [6, 6.07) is 12.7. The zero-order chi connectivity index (χ0) is 20.3. The zero-order valence-corrected chi connectivity index (χ0v) is 16.0. The fourth-order valence-corrected chi connectivity index (χ4v) is 3.38. The molecule has 1 heterocycles. The Morgan fingerprint density at radius 2 is 1.71 bits per heavy atom. The van der Waals surface area contributed by atoms with Gasteiger partial charge in [0, 0.05) is 37.6 Å². The van der Waals surface area contributed by atoms with Crippen molar-refractivity contribution in [1.82, 2.24) is 4.90 Å². The predicted molar refractivity (Wildman–Crippen MR) is 105 cm³/mol. The van der Waals surface area contributed by atoms with Crippen molar-refractivity contribution in [1.29, 1.82) is 0 Å². The molecule has 28 heavy (non-hydrogen) atoms. The molecule has 1 N–H and O–H groups in total. The van der Waals surface area contributed by atoms with Crippen LogP contribution in [0, 0.1) is 6.92 Å². The molecule has 2 aromatic rings. The Bertz CT molecular complexity index is 830. The van der Waals surface area contributed by atoms with Crippen LogP contribution in [-0.4, -0.2) is 43.0 Å². The fourth-order valence-electron chi connectivity index (χ4n) is 3.38. The number of piperazine rings is 1. The van der Waals surface area contributed by atoms with E-state index in [0.29, 0.717) is 31.9 Å². The summed E-state index contributed by atoms with van der Waals surface area (Å²) < 4.78 is 38.8. The van der Waals surface area contributed by atoms with Gasteiger partial charge in [0.1, 0.15) is 0 Å². The topological polar surface area (TPSA) is 35.6 Å². The second-order valence-corrected chi connectivity index (χ2v) is 7.11. The summed E-state index contributed by atoms with van der Waals surface area (Å²) in [6.45, 7) is 6.18. The number of amides is 1. The average molecular weight is 391 g/mol. The maximum Gasteiger partial charge on any atom is 0.416 e. The molecule has 0 bridgehead atoms. The molecule has 1 aliphatic heterocycles. The number of carbonyl (C=O) groups excluding carboxylic acids is 1. The predicted octanol–water partition coefficient (Wildman–Crippen LogP) is 4.16. The highest BCUT2D eigenvalue weighted by molar-refractivity contribution is 5.94. The van der Waals surface area contributed by atoms with Crippen LogP contribution in [0.5, 0.6) is 0 Å². The number of rotatable bonds is 4. The Kier molecular flexibility index (Phi) is 5.93. The van der Waals surface area contributed by atoms with E-state index in [-0.39, 0.29) is 11.9 Å². The van der Waals surface area contributed by atoms with E-state index in [0.717, 1.165) is 17.3 Å². The van der Waals surface area contributed by atoms with Gasteiger partial charge in [0.25, 0.3) is 0 Å². The molecule has 0 saturated carbocycles. The van der Waals surface area contributed by atoms with E-state index in [1.54, 1.807) is 6.07 Å². The van der Waals surface area contributed by atoms with Crippen molar-refractivity contribution < 1.29 is 18.0 Å². The lowest BCUT2D eigenvalue weighted by Gasteiger charge is -2.38. The standard InChI is InChI=1S/C21H24F3N3O/c1-15-5-3-7-18(13-15)25-20(28)16(2)26-9-11-27(12-10-26)19-8-4-6-17(14-19)21(22,23)24/h3-8,13-14,16H,9-12H2,1-2H3,(H,25,28)/t16-/m0/s1. The quantitative estimate of drug-likeness (QED) is 0.850. The summed E-state index contributed by atoms with van der Waals surface area (Å²) in [5.74, 6) is -0.0851. The lowest BCUT2D eigenvalue weighted by Crippen LogP contribution is -2.52. The molecular weight excluding hydrogens is 367 g/mol. The third-order valence-corrected chi connectivity index (χ3v) is 5.07. The fraction of sp³-hybridized carbons (Fsp3) is 0.381. The minimum absolute atomic E-state index is 0.0851. The number of carbonyl (C=O) groups is 1. The summed E-state index contributed by atoms with van der Waals surface area (Å²) in [5.41, 5.74) is 1.75. The van der Waals surface area contributed by atoms with Crippen molar-refractivity contribution in [2.75, 3.05) is 36.4 Å². The number of nitrogens with one attached hydrogen (secondary N) is 1. The number of halogens is 3.